The molecule has 1 heterocycles. The lowest BCUT2D eigenvalue weighted by molar-refractivity contribution is 0.0951. The molecular formula is C22H25N3O2. The molecule has 0 aliphatic heterocycles. The van der Waals surface area contributed by atoms with Crippen LogP contribution in [0.1, 0.15) is 39.8 Å². The van der Waals surface area contributed by atoms with E-state index in [0.717, 1.165) is 28.3 Å². The molecule has 0 saturated heterocycles. The number of hydrogen-bond donors (Lipinski definition) is 1. The largest absolute Gasteiger partial charge is 0.494 e. The summed E-state index contributed by atoms with van der Waals surface area (Å²) in [6, 6.07) is 17.5. The highest BCUT2D eigenvalue weighted by Gasteiger charge is 2.07. The number of nitrogens with one attached hydrogen (secondary N) is 1. The van der Waals surface area contributed by atoms with Gasteiger partial charge in [-0.3, -0.25) is 9.48 Å². The fraction of sp³-hybridized carbons (Fsp3) is 0.273. The van der Waals surface area contributed by atoms with Crippen molar-refractivity contribution in [1.29, 1.82) is 0 Å². The Morgan fingerprint density at radius 2 is 1.85 bits per heavy atom. The molecule has 1 aromatic heterocycles. The first-order valence-corrected chi connectivity index (χ1v) is 9.15. The van der Waals surface area contributed by atoms with Crippen molar-refractivity contribution in [2.75, 3.05) is 6.61 Å². The number of rotatable bonds is 7. The van der Waals surface area contributed by atoms with Gasteiger partial charge < -0.3 is 10.1 Å². The van der Waals surface area contributed by atoms with Crippen LogP contribution in [0.4, 0.5) is 0 Å². The van der Waals surface area contributed by atoms with Crippen LogP contribution in [0.2, 0.25) is 0 Å². The molecule has 3 aromatic rings. The summed E-state index contributed by atoms with van der Waals surface area (Å²) >= 11 is 0. The number of aromatic nitrogens is 2. The van der Waals surface area contributed by atoms with Crippen LogP contribution in [-0.2, 0) is 13.1 Å². The van der Waals surface area contributed by atoms with Gasteiger partial charge in [0.2, 0.25) is 0 Å². The summed E-state index contributed by atoms with van der Waals surface area (Å²) in [6.07, 6.45) is 0. The van der Waals surface area contributed by atoms with E-state index in [0.29, 0.717) is 25.3 Å². The Morgan fingerprint density at radius 3 is 2.52 bits per heavy atom. The van der Waals surface area contributed by atoms with Crippen LogP contribution in [0.3, 0.4) is 0 Å². The summed E-state index contributed by atoms with van der Waals surface area (Å²) in [5.41, 5.74) is 4.91. The van der Waals surface area contributed by atoms with Crippen LogP contribution in [0, 0.1) is 13.8 Å². The second-order valence-corrected chi connectivity index (χ2v) is 6.54. The highest BCUT2D eigenvalue weighted by atomic mass is 16.5. The smallest absolute Gasteiger partial charge is 0.251 e. The van der Waals surface area contributed by atoms with Crippen LogP contribution in [0.25, 0.3) is 0 Å². The minimum absolute atomic E-state index is 0.0884. The molecule has 0 unspecified atom stereocenters. The number of ether oxygens (including phenoxy) is 1. The van der Waals surface area contributed by atoms with Crippen LogP contribution in [-0.4, -0.2) is 22.3 Å². The number of benzene rings is 2. The first-order valence-electron chi connectivity index (χ1n) is 9.15. The molecule has 1 N–H and O–H groups in total. The highest BCUT2D eigenvalue weighted by Crippen LogP contribution is 2.14. The van der Waals surface area contributed by atoms with E-state index in [1.807, 2.05) is 74.0 Å². The number of nitrogens with zero attached hydrogens (tertiary/aromatic N) is 2. The van der Waals surface area contributed by atoms with Crippen molar-refractivity contribution in [3.63, 3.8) is 0 Å². The summed E-state index contributed by atoms with van der Waals surface area (Å²) in [6.45, 7) is 7.77. The van der Waals surface area contributed by atoms with Crippen molar-refractivity contribution < 1.29 is 9.53 Å². The second kappa shape index (κ2) is 8.54. The van der Waals surface area contributed by atoms with Crippen molar-refractivity contribution in [3.05, 3.63) is 82.7 Å². The van der Waals surface area contributed by atoms with Gasteiger partial charge in [0.05, 0.1) is 18.8 Å². The predicted molar refractivity (Wildman–Crippen MR) is 106 cm³/mol. The Labute approximate surface area is 160 Å². The fourth-order valence-corrected chi connectivity index (χ4v) is 2.97. The molecule has 5 nitrogen and oxygen atoms in total. The van der Waals surface area contributed by atoms with E-state index in [1.165, 1.54) is 0 Å². The summed E-state index contributed by atoms with van der Waals surface area (Å²) in [5.74, 6) is 0.729. The van der Waals surface area contributed by atoms with Gasteiger partial charge in [0.15, 0.2) is 0 Å². The van der Waals surface area contributed by atoms with E-state index in [-0.39, 0.29) is 5.91 Å². The van der Waals surface area contributed by atoms with Gasteiger partial charge in [0.1, 0.15) is 5.75 Å². The van der Waals surface area contributed by atoms with Gasteiger partial charge >= 0.3 is 0 Å². The molecule has 27 heavy (non-hydrogen) atoms. The normalized spacial score (nSPS) is 10.6. The molecule has 140 valence electrons. The van der Waals surface area contributed by atoms with E-state index in [9.17, 15) is 4.79 Å². The average Bonchev–Trinajstić information content (AvgIpc) is 2.98. The second-order valence-electron chi connectivity index (χ2n) is 6.54. The topological polar surface area (TPSA) is 56.1 Å². The molecule has 5 heteroatoms. The summed E-state index contributed by atoms with van der Waals surface area (Å²) in [4.78, 5) is 12.4. The Bertz CT molecular complexity index is 914. The Balaban J connectivity index is 1.59. The Hall–Kier alpha value is -3.08. The Kier molecular flexibility index (Phi) is 5.91. The SMILES string of the molecule is CCOc1cccc(CNC(=O)c2ccc(Cn3nc(C)cc3C)cc2)c1. The third kappa shape index (κ3) is 4.97. The number of carbonyl (C=O) groups excluding carboxylic acids is 1. The monoisotopic (exact) mass is 363 g/mol. The molecule has 0 aliphatic rings. The fourth-order valence-electron chi connectivity index (χ4n) is 2.97. The molecular weight excluding hydrogens is 338 g/mol. The number of carbonyl (C=O) groups is 1. The number of aryl methyl sites for hydroxylation is 2. The van der Waals surface area contributed by atoms with Crippen LogP contribution >= 0.6 is 0 Å². The van der Waals surface area contributed by atoms with Crippen LogP contribution < -0.4 is 10.1 Å². The minimum atomic E-state index is -0.0884. The predicted octanol–water partition coefficient (Wildman–Crippen LogP) is 3.88. The number of hydrogen-bond acceptors (Lipinski definition) is 3. The molecule has 2 aromatic carbocycles. The van der Waals surface area contributed by atoms with Gasteiger partial charge in [-0.1, -0.05) is 24.3 Å². The van der Waals surface area contributed by atoms with Gasteiger partial charge in [0, 0.05) is 17.8 Å². The first-order chi connectivity index (χ1) is 13.0. The first kappa shape index (κ1) is 18.7. The van der Waals surface area contributed by atoms with Crippen molar-refractivity contribution in [2.24, 2.45) is 0 Å². The molecule has 3 rings (SSSR count). The minimum Gasteiger partial charge on any atom is -0.494 e. The Morgan fingerprint density at radius 1 is 1.07 bits per heavy atom. The lowest BCUT2D eigenvalue weighted by atomic mass is 10.1. The molecule has 0 atom stereocenters. The molecule has 1 amide bonds. The zero-order chi connectivity index (χ0) is 19.2. The zero-order valence-corrected chi connectivity index (χ0v) is 16.0. The van der Waals surface area contributed by atoms with Gasteiger partial charge in [0.25, 0.3) is 5.91 Å². The van der Waals surface area contributed by atoms with Crippen molar-refractivity contribution in [3.8, 4) is 5.75 Å². The lowest BCUT2D eigenvalue weighted by Gasteiger charge is -2.09. The van der Waals surface area contributed by atoms with E-state index >= 15 is 0 Å². The standard InChI is InChI=1S/C22H25N3O2/c1-4-27-21-7-5-6-19(13-21)14-23-22(26)20-10-8-18(9-11-20)15-25-17(3)12-16(2)24-25/h5-13H,4,14-15H2,1-3H3,(H,23,26). The molecule has 0 aliphatic carbocycles. The van der Waals surface area contributed by atoms with Crippen molar-refractivity contribution in [2.45, 2.75) is 33.9 Å². The molecule has 0 bridgehead atoms. The lowest BCUT2D eigenvalue weighted by Crippen LogP contribution is -2.22. The van der Waals surface area contributed by atoms with E-state index in [1.54, 1.807) is 0 Å². The quantitative estimate of drug-likeness (QED) is 0.693. The molecule has 0 radical (unpaired) electrons. The maximum absolute atomic E-state index is 12.4. The third-order valence-corrected chi connectivity index (χ3v) is 4.31. The van der Waals surface area contributed by atoms with Crippen molar-refractivity contribution >= 4 is 5.91 Å². The average molecular weight is 363 g/mol. The van der Waals surface area contributed by atoms with E-state index in [2.05, 4.69) is 16.5 Å². The van der Waals surface area contributed by atoms with E-state index in [4.69, 9.17) is 4.74 Å². The van der Waals surface area contributed by atoms with Crippen molar-refractivity contribution in [1.82, 2.24) is 15.1 Å². The van der Waals surface area contributed by atoms with Gasteiger partial charge in [-0.15, -0.1) is 0 Å². The van der Waals surface area contributed by atoms with Crippen LogP contribution in [0.5, 0.6) is 5.75 Å². The maximum Gasteiger partial charge on any atom is 0.251 e. The van der Waals surface area contributed by atoms with E-state index < -0.39 is 0 Å². The third-order valence-electron chi connectivity index (χ3n) is 4.31. The number of amides is 1. The zero-order valence-electron chi connectivity index (χ0n) is 16.0. The molecule has 0 spiro atoms. The molecule has 0 fully saturated rings. The summed E-state index contributed by atoms with van der Waals surface area (Å²) < 4.78 is 7.46. The molecule has 0 saturated carbocycles. The van der Waals surface area contributed by atoms with Gasteiger partial charge in [-0.05, 0) is 62.2 Å². The summed E-state index contributed by atoms with van der Waals surface area (Å²) in [5, 5.41) is 7.43. The van der Waals surface area contributed by atoms with Crippen LogP contribution in [0.15, 0.2) is 54.6 Å². The van der Waals surface area contributed by atoms with Gasteiger partial charge in [-0.2, -0.15) is 5.10 Å². The maximum atomic E-state index is 12.4. The van der Waals surface area contributed by atoms with Gasteiger partial charge in [-0.25, -0.2) is 0 Å². The highest BCUT2D eigenvalue weighted by molar-refractivity contribution is 5.94. The summed E-state index contributed by atoms with van der Waals surface area (Å²) in [7, 11) is 0.